The molecule has 2 rings (SSSR count). The molecular formula is C18H23BrNO8P. The number of hydrogen-bond acceptors (Lipinski definition) is 8. The van der Waals surface area contributed by atoms with Crippen molar-refractivity contribution < 1.29 is 37.1 Å². The van der Waals surface area contributed by atoms with Crippen LogP contribution in [0.5, 0.6) is 5.75 Å². The first-order chi connectivity index (χ1) is 13.8. The van der Waals surface area contributed by atoms with Crippen LogP contribution in [-0.2, 0) is 23.1 Å². The molecule has 9 nitrogen and oxygen atoms in total. The SMILES string of the molecule is CCOC(=O)c1oc2c(OC)ccc(Br)c2c1NC(=O)CP(=O)(OCC)OCC. The van der Waals surface area contributed by atoms with Crippen molar-refractivity contribution >= 4 is 52.1 Å². The predicted octanol–water partition coefficient (Wildman–Crippen LogP) is 4.59. The van der Waals surface area contributed by atoms with Gasteiger partial charge >= 0.3 is 13.6 Å². The summed E-state index contributed by atoms with van der Waals surface area (Å²) in [6, 6.07) is 3.33. The van der Waals surface area contributed by atoms with E-state index in [0.29, 0.717) is 15.6 Å². The van der Waals surface area contributed by atoms with Gasteiger partial charge in [-0.1, -0.05) is 0 Å². The summed E-state index contributed by atoms with van der Waals surface area (Å²) in [5, 5.41) is 2.99. The smallest absolute Gasteiger partial charge is 0.376 e. The number of carbonyl (C=O) groups is 2. The molecule has 1 aromatic heterocycles. The molecule has 0 saturated heterocycles. The molecule has 0 aliphatic heterocycles. The number of benzene rings is 1. The van der Waals surface area contributed by atoms with Gasteiger partial charge in [-0.2, -0.15) is 0 Å². The van der Waals surface area contributed by atoms with Gasteiger partial charge in [0.25, 0.3) is 0 Å². The van der Waals surface area contributed by atoms with E-state index in [1.165, 1.54) is 7.11 Å². The Balaban J connectivity index is 2.49. The van der Waals surface area contributed by atoms with Crippen LogP contribution >= 0.6 is 23.5 Å². The zero-order valence-corrected chi connectivity index (χ0v) is 19.1. The summed E-state index contributed by atoms with van der Waals surface area (Å²) in [5.41, 5.74) is 0.326. The number of amides is 1. The third kappa shape index (κ3) is 5.39. The molecule has 1 amide bonds. The monoisotopic (exact) mass is 491 g/mol. The maximum absolute atomic E-state index is 12.7. The zero-order valence-electron chi connectivity index (χ0n) is 16.6. The Morgan fingerprint density at radius 3 is 2.34 bits per heavy atom. The highest BCUT2D eigenvalue weighted by Gasteiger charge is 2.31. The third-order valence-corrected chi connectivity index (χ3v) is 6.32. The van der Waals surface area contributed by atoms with Crippen LogP contribution in [0.3, 0.4) is 0 Å². The van der Waals surface area contributed by atoms with Gasteiger partial charge in [-0.15, -0.1) is 0 Å². The Kier molecular flexibility index (Phi) is 8.27. The molecule has 1 heterocycles. The topological polar surface area (TPSA) is 113 Å². The van der Waals surface area contributed by atoms with Crippen LogP contribution in [0.2, 0.25) is 0 Å². The summed E-state index contributed by atoms with van der Waals surface area (Å²) in [4.78, 5) is 25.0. The van der Waals surface area contributed by atoms with Crippen molar-refractivity contribution in [2.24, 2.45) is 0 Å². The number of furan rings is 1. The average molecular weight is 492 g/mol. The highest BCUT2D eigenvalue weighted by molar-refractivity contribution is 9.10. The Morgan fingerprint density at radius 2 is 1.79 bits per heavy atom. The summed E-state index contributed by atoms with van der Waals surface area (Å²) >= 11 is 3.39. The van der Waals surface area contributed by atoms with Gasteiger partial charge < -0.3 is 28.3 Å². The number of nitrogens with one attached hydrogen (secondary N) is 1. The summed E-state index contributed by atoms with van der Waals surface area (Å²) in [6.07, 6.45) is -0.523. The second-order valence-electron chi connectivity index (χ2n) is 5.63. The van der Waals surface area contributed by atoms with Gasteiger partial charge in [0, 0.05) is 4.47 Å². The number of esters is 1. The van der Waals surface area contributed by atoms with E-state index < -0.39 is 25.6 Å². The molecule has 1 N–H and O–H groups in total. The average Bonchev–Trinajstić information content (AvgIpc) is 3.02. The van der Waals surface area contributed by atoms with Crippen molar-refractivity contribution in [3.63, 3.8) is 0 Å². The van der Waals surface area contributed by atoms with E-state index in [1.807, 2.05) is 0 Å². The van der Waals surface area contributed by atoms with Gasteiger partial charge in [0.15, 0.2) is 11.3 Å². The van der Waals surface area contributed by atoms with E-state index in [2.05, 4.69) is 21.2 Å². The largest absolute Gasteiger partial charge is 0.493 e. The molecule has 29 heavy (non-hydrogen) atoms. The summed E-state index contributed by atoms with van der Waals surface area (Å²) < 4.78 is 39.5. The zero-order chi connectivity index (χ0) is 21.6. The molecule has 0 bridgehead atoms. The fourth-order valence-electron chi connectivity index (χ4n) is 2.64. The van der Waals surface area contributed by atoms with Crippen molar-refractivity contribution in [1.29, 1.82) is 0 Å². The summed E-state index contributed by atoms with van der Waals surface area (Å²) in [6.45, 7) is 5.30. The first-order valence-electron chi connectivity index (χ1n) is 8.94. The van der Waals surface area contributed by atoms with Gasteiger partial charge in [-0.05, 0) is 48.8 Å². The molecule has 0 aliphatic rings. The lowest BCUT2D eigenvalue weighted by Crippen LogP contribution is -2.20. The predicted molar refractivity (Wildman–Crippen MR) is 111 cm³/mol. The molecule has 0 atom stereocenters. The number of halogens is 1. The lowest BCUT2D eigenvalue weighted by atomic mass is 10.2. The van der Waals surface area contributed by atoms with Gasteiger partial charge in [-0.25, -0.2) is 4.79 Å². The van der Waals surface area contributed by atoms with Gasteiger partial charge in [0.1, 0.15) is 11.8 Å². The number of fused-ring (bicyclic) bond motifs is 1. The van der Waals surface area contributed by atoms with Crippen LogP contribution in [0.4, 0.5) is 5.69 Å². The molecule has 0 fully saturated rings. The number of hydrogen-bond donors (Lipinski definition) is 1. The standard InChI is InChI=1S/C18H23BrNO8P/c1-5-25-18(22)17-15(14-11(19)8-9-12(24-4)16(14)28-17)20-13(21)10-29(23,26-6-2)27-7-3/h8-9H,5-7,10H2,1-4H3,(H,20,21). The minimum absolute atomic E-state index is 0.0776. The molecule has 160 valence electrons. The molecule has 11 heteroatoms. The van der Waals surface area contributed by atoms with Gasteiger partial charge in [-0.3, -0.25) is 9.36 Å². The molecule has 2 aromatic rings. The molecule has 1 aromatic carbocycles. The minimum atomic E-state index is -3.63. The highest BCUT2D eigenvalue weighted by atomic mass is 79.9. The number of anilines is 1. The highest BCUT2D eigenvalue weighted by Crippen LogP contribution is 2.48. The van der Waals surface area contributed by atoms with Crippen molar-refractivity contribution in [3.8, 4) is 5.75 Å². The summed E-state index contributed by atoms with van der Waals surface area (Å²) in [5.74, 6) is -1.27. The van der Waals surface area contributed by atoms with E-state index >= 15 is 0 Å². The molecule has 0 aliphatic carbocycles. The Bertz CT molecular complexity index is 932. The molecular weight excluding hydrogens is 469 g/mol. The second kappa shape index (κ2) is 10.2. The first kappa shape index (κ1) is 23.4. The Hall–Kier alpha value is -1.87. The van der Waals surface area contributed by atoms with Gasteiger partial charge in [0.05, 0.1) is 32.3 Å². The van der Waals surface area contributed by atoms with Crippen molar-refractivity contribution in [1.82, 2.24) is 0 Å². The first-order valence-corrected chi connectivity index (χ1v) is 11.5. The van der Waals surface area contributed by atoms with Crippen LogP contribution in [0.1, 0.15) is 31.3 Å². The molecule has 0 saturated carbocycles. The van der Waals surface area contributed by atoms with E-state index in [1.54, 1.807) is 32.9 Å². The molecule has 0 unspecified atom stereocenters. The molecule has 0 radical (unpaired) electrons. The number of carbonyl (C=O) groups excluding carboxylic acids is 2. The van der Waals surface area contributed by atoms with Crippen LogP contribution in [0.25, 0.3) is 11.0 Å². The lowest BCUT2D eigenvalue weighted by Gasteiger charge is -2.16. The quantitative estimate of drug-likeness (QED) is 0.379. The van der Waals surface area contributed by atoms with Crippen LogP contribution in [0, 0.1) is 0 Å². The fraction of sp³-hybridized carbons (Fsp3) is 0.444. The van der Waals surface area contributed by atoms with E-state index in [9.17, 15) is 14.2 Å². The van der Waals surface area contributed by atoms with Crippen LogP contribution in [-0.4, -0.2) is 45.0 Å². The van der Waals surface area contributed by atoms with E-state index in [-0.39, 0.29) is 36.9 Å². The van der Waals surface area contributed by atoms with E-state index in [0.717, 1.165) is 0 Å². The number of rotatable bonds is 10. The van der Waals surface area contributed by atoms with Crippen molar-refractivity contribution in [2.75, 3.05) is 38.4 Å². The third-order valence-electron chi connectivity index (χ3n) is 3.69. The number of ether oxygens (including phenoxy) is 2. The normalized spacial score (nSPS) is 11.5. The minimum Gasteiger partial charge on any atom is -0.493 e. The lowest BCUT2D eigenvalue weighted by molar-refractivity contribution is -0.114. The summed E-state index contributed by atoms with van der Waals surface area (Å²) in [7, 11) is -2.18. The number of methoxy groups -OCH3 is 1. The molecule has 0 spiro atoms. The van der Waals surface area contributed by atoms with Crippen LogP contribution < -0.4 is 10.1 Å². The fourth-order valence-corrected chi connectivity index (χ4v) is 4.62. The van der Waals surface area contributed by atoms with Crippen molar-refractivity contribution in [2.45, 2.75) is 20.8 Å². The van der Waals surface area contributed by atoms with Gasteiger partial charge in [0.2, 0.25) is 11.7 Å². The van der Waals surface area contributed by atoms with Crippen LogP contribution in [0.15, 0.2) is 21.0 Å². The Morgan fingerprint density at radius 1 is 1.14 bits per heavy atom. The van der Waals surface area contributed by atoms with E-state index in [4.69, 9.17) is 22.9 Å². The maximum atomic E-state index is 12.7. The van der Waals surface area contributed by atoms with Crippen molar-refractivity contribution in [3.05, 3.63) is 22.4 Å². The Labute approximate surface area is 176 Å². The second-order valence-corrected chi connectivity index (χ2v) is 8.54. The maximum Gasteiger partial charge on any atom is 0.376 e.